The number of para-hydroxylation sites is 1. The van der Waals surface area contributed by atoms with Crippen LogP contribution in [0, 0.1) is 0 Å². The van der Waals surface area contributed by atoms with Gasteiger partial charge in [-0.15, -0.1) is 0 Å². The molecule has 3 aliphatic rings. The van der Waals surface area contributed by atoms with Crippen molar-refractivity contribution < 1.29 is 23.9 Å². The number of fused-ring (bicyclic) bond motifs is 3. The van der Waals surface area contributed by atoms with E-state index in [1.54, 1.807) is 36.1 Å². The molecule has 3 heterocycles. The Morgan fingerprint density at radius 1 is 1.07 bits per heavy atom. The number of hydrogen-bond acceptors (Lipinski definition) is 5. The molecule has 0 N–H and O–H groups in total. The summed E-state index contributed by atoms with van der Waals surface area (Å²) in [5.41, 5.74) is -0.722. The molecule has 0 bridgehead atoms. The molecule has 160 valence electrons. The maximum atomic E-state index is 13.3. The van der Waals surface area contributed by atoms with Gasteiger partial charge < -0.3 is 14.5 Å². The molecule has 0 aliphatic carbocycles. The van der Waals surface area contributed by atoms with Crippen molar-refractivity contribution in [3.63, 3.8) is 0 Å². The fourth-order valence-electron chi connectivity index (χ4n) is 4.83. The van der Waals surface area contributed by atoms with Crippen LogP contribution in [0.2, 0.25) is 0 Å². The van der Waals surface area contributed by atoms with E-state index in [4.69, 9.17) is 4.74 Å². The number of hydrogen-bond donors (Lipinski definition) is 0. The summed E-state index contributed by atoms with van der Waals surface area (Å²) in [5.74, 6) is -1.50. The number of ether oxygens (including phenoxy) is 1. The van der Waals surface area contributed by atoms with E-state index in [0.29, 0.717) is 24.3 Å². The molecule has 30 heavy (non-hydrogen) atoms. The van der Waals surface area contributed by atoms with Crippen molar-refractivity contribution in [1.82, 2.24) is 9.80 Å². The van der Waals surface area contributed by atoms with Crippen molar-refractivity contribution in [3.8, 4) is 0 Å². The average molecular weight is 413 g/mol. The zero-order valence-electron chi connectivity index (χ0n) is 17.3. The number of anilines is 1. The van der Waals surface area contributed by atoms with E-state index in [0.717, 1.165) is 25.7 Å². The van der Waals surface area contributed by atoms with Crippen LogP contribution < -0.4 is 4.90 Å². The van der Waals surface area contributed by atoms with Gasteiger partial charge in [0.15, 0.2) is 6.61 Å². The van der Waals surface area contributed by atoms with Crippen LogP contribution in [0.25, 0.3) is 0 Å². The Balaban J connectivity index is 1.60. The van der Waals surface area contributed by atoms with Gasteiger partial charge in [-0.3, -0.25) is 19.3 Å². The van der Waals surface area contributed by atoms with E-state index in [1.807, 2.05) is 0 Å². The molecule has 3 aliphatic heterocycles. The third-order valence-electron chi connectivity index (χ3n) is 6.30. The van der Waals surface area contributed by atoms with Gasteiger partial charge in [-0.25, -0.2) is 4.79 Å². The van der Waals surface area contributed by atoms with Crippen LogP contribution in [0.1, 0.15) is 55.8 Å². The lowest BCUT2D eigenvalue weighted by atomic mass is 9.96. The van der Waals surface area contributed by atoms with Gasteiger partial charge in [0, 0.05) is 32.5 Å². The number of carbonyl (C=O) groups is 4. The quantitative estimate of drug-likeness (QED) is 0.704. The Bertz CT molecular complexity index is 877. The van der Waals surface area contributed by atoms with Crippen LogP contribution in [-0.4, -0.2) is 65.4 Å². The first-order valence-electron chi connectivity index (χ1n) is 10.7. The second kappa shape index (κ2) is 8.08. The molecule has 8 heteroatoms. The molecule has 0 saturated carbocycles. The van der Waals surface area contributed by atoms with Crippen molar-refractivity contribution in [1.29, 1.82) is 0 Å². The molecule has 2 fully saturated rings. The van der Waals surface area contributed by atoms with Crippen molar-refractivity contribution >= 4 is 29.4 Å². The molecule has 2 saturated heterocycles. The zero-order chi connectivity index (χ0) is 21.3. The van der Waals surface area contributed by atoms with Gasteiger partial charge in [0.25, 0.3) is 11.8 Å². The topological polar surface area (TPSA) is 87.2 Å². The first kappa shape index (κ1) is 20.4. The molecule has 0 radical (unpaired) electrons. The highest BCUT2D eigenvalue weighted by Crippen LogP contribution is 2.44. The van der Waals surface area contributed by atoms with Crippen molar-refractivity contribution in [2.75, 3.05) is 31.1 Å². The van der Waals surface area contributed by atoms with Gasteiger partial charge in [0.05, 0.1) is 11.3 Å². The van der Waals surface area contributed by atoms with Crippen LogP contribution in [0.4, 0.5) is 5.69 Å². The maximum Gasteiger partial charge on any atom is 0.354 e. The number of esters is 1. The standard InChI is InChI=1S/C22H27N3O5/c1-2-24-20(28)16-9-5-6-10-17(16)25-18(26)11-12-22(24,25)21(29)30-15-19(27)23-13-7-3-4-8-14-23/h5-6,9-10H,2-4,7-8,11-15H2,1H3/t22-/m0/s1. The Morgan fingerprint density at radius 2 is 1.77 bits per heavy atom. The fourth-order valence-corrected chi connectivity index (χ4v) is 4.83. The van der Waals surface area contributed by atoms with Crippen LogP contribution in [0.3, 0.4) is 0 Å². The number of amides is 3. The molecule has 0 spiro atoms. The van der Waals surface area contributed by atoms with Gasteiger partial charge in [-0.1, -0.05) is 25.0 Å². The van der Waals surface area contributed by atoms with E-state index in [-0.39, 0.29) is 43.7 Å². The van der Waals surface area contributed by atoms with Gasteiger partial charge in [0.1, 0.15) is 0 Å². The van der Waals surface area contributed by atoms with Gasteiger partial charge >= 0.3 is 5.97 Å². The fraction of sp³-hybridized carbons (Fsp3) is 0.545. The van der Waals surface area contributed by atoms with Gasteiger partial charge in [-0.05, 0) is 31.9 Å². The largest absolute Gasteiger partial charge is 0.452 e. The van der Waals surface area contributed by atoms with Crippen molar-refractivity contribution in [3.05, 3.63) is 29.8 Å². The summed E-state index contributed by atoms with van der Waals surface area (Å²) in [4.78, 5) is 56.4. The van der Waals surface area contributed by atoms with Crippen LogP contribution in [0.15, 0.2) is 24.3 Å². The summed E-state index contributed by atoms with van der Waals surface area (Å²) in [7, 11) is 0. The SMILES string of the molecule is CCN1C(=O)c2ccccc2N2C(=O)CC[C@]12C(=O)OCC(=O)N1CCCCCC1. The number of benzene rings is 1. The number of rotatable bonds is 4. The summed E-state index contributed by atoms with van der Waals surface area (Å²) < 4.78 is 5.47. The Morgan fingerprint density at radius 3 is 2.47 bits per heavy atom. The minimum atomic E-state index is -1.53. The van der Waals surface area contributed by atoms with E-state index >= 15 is 0 Å². The first-order chi connectivity index (χ1) is 14.5. The second-order valence-electron chi connectivity index (χ2n) is 7.98. The van der Waals surface area contributed by atoms with Crippen LogP contribution >= 0.6 is 0 Å². The average Bonchev–Trinajstić information content (AvgIpc) is 2.94. The number of nitrogens with zero attached hydrogens (tertiary/aromatic N) is 3. The van der Waals surface area contributed by atoms with Gasteiger partial charge in [-0.2, -0.15) is 0 Å². The van der Waals surface area contributed by atoms with E-state index in [2.05, 4.69) is 0 Å². The molecule has 0 aromatic heterocycles. The molecule has 4 rings (SSSR count). The minimum Gasteiger partial charge on any atom is -0.452 e. The lowest BCUT2D eigenvalue weighted by molar-refractivity contribution is -0.162. The van der Waals surface area contributed by atoms with Gasteiger partial charge in [0.2, 0.25) is 11.6 Å². The highest BCUT2D eigenvalue weighted by molar-refractivity contribution is 6.15. The lowest BCUT2D eigenvalue weighted by Crippen LogP contribution is -2.68. The van der Waals surface area contributed by atoms with Crippen molar-refractivity contribution in [2.24, 2.45) is 0 Å². The third kappa shape index (κ3) is 3.14. The Hall–Kier alpha value is -2.90. The summed E-state index contributed by atoms with van der Waals surface area (Å²) >= 11 is 0. The highest BCUT2D eigenvalue weighted by Gasteiger charge is 2.61. The van der Waals surface area contributed by atoms with Crippen molar-refractivity contribution in [2.45, 2.75) is 51.1 Å². The summed E-state index contributed by atoms with van der Waals surface area (Å²) in [6.07, 6.45) is 4.36. The first-order valence-corrected chi connectivity index (χ1v) is 10.7. The van der Waals surface area contributed by atoms with Crippen LogP contribution in [0.5, 0.6) is 0 Å². The number of carbonyl (C=O) groups excluding carboxylic acids is 4. The lowest BCUT2D eigenvalue weighted by Gasteiger charge is -2.48. The molecule has 1 aromatic rings. The van der Waals surface area contributed by atoms with E-state index in [1.165, 1.54) is 9.80 Å². The normalized spacial score (nSPS) is 23.7. The van der Waals surface area contributed by atoms with Crippen LogP contribution in [-0.2, 0) is 19.1 Å². The minimum absolute atomic E-state index is 0.132. The predicted molar refractivity (Wildman–Crippen MR) is 109 cm³/mol. The summed E-state index contributed by atoms with van der Waals surface area (Å²) in [5, 5.41) is 0. The summed E-state index contributed by atoms with van der Waals surface area (Å²) in [6.45, 7) is 2.96. The molecular weight excluding hydrogens is 386 g/mol. The third-order valence-corrected chi connectivity index (χ3v) is 6.30. The number of likely N-dealkylation sites (N-methyl/N-ethyl adjacent to an activating group) is 1. The Kier molecular flexibility index (Phi) is 5.49. The Labute approximate surface area is 175 Å². The molecule has 3 amide bonds. The molecular formula is C22H27N3O5. The smallest absolute Gasteiger partial charge is 0.354 e. The predicted octanol–water partition coefficient (Wildman–Crippen LogP) is 1.93. The van der Waals surface area contributed by atoms with E-state index < -0.39 is 11.6 Å². The molecule has 8 nitrogen and oxygen atoms in total. The zero-order valence-corrected chi connectivity index (χ0v) is 17.3. The number of likely N-dealkylation sites (tertiary alicyclic amines) is 1. The monoisotopic (exact) mass is 413 g/mol. The maximum absolute atomic E-state index is 13.3. The second-order valence-corrected chi connectivity index (χ2v) is 7.98. The molecule has 1 aromatic carbocycles. The molecule has 0 unspecified atom stereocenters. The van der Waals surface area contributed by atoms with E-state index in [9.17, 15) is 19.2 Å². The highest BCUT2D eigenvalue weighted by atomic mass is 16.5. The molecule has 1 atom stereocenters. The summed E-state index contributed by atoms with van der Waals surface area (Å²) in [6, 6.07) is 6.80.